The number of likely N-dealkylation sites (tertiary alicyclic amines) is 1. The van der Waals surface area contributed by atoms with Crippen molar-refractivity contribution >= 4 is 0 Å². The molecule has 0 bridgehead atoms. The summed E-state index contributed by atoms with van der Waals surface area (Å²) < 4.78 is 0. The van der Waals surface area contributed by atoms with Gasteiger partial charge in [-0.05, 0) is 39.7 Å². The van der Waals surface area contributed by atoms with Gasteiger partial charge in [-0.2, -0.15) is 5.26 Å². The van der Waals surface area contributed by atoms with E-state index in [4.69, 9.17) is 5.26 Å². The van der Waals surface area contributed by atoms with Crippen LogP contribution in [0.1, 0.15) is 33.1 Å². The summed E-state index contributed by atoms with van der Waals surface area (Å²) in [7, 11) is 0. The molecule has 0 spiro atoms. The van der Waals surface area contributed by atoms with Crippen LogP contribution in [0.2, 0.25) is 0 Å². The van der Waals surface area contributed by atoms with Crippen LogP contribution in [0, 0.1) is 17.2 Å². The van der Waals surface area contributed by atoms with Crippen molar-refractivity contribution in [2.45, 2.75) is 38.7 Å². The molecule has 1 rings (SSSR count). The third kappa shape index (κ3) is 3.65. The van der Waals surface area contributed by atoms with Crippen LogP contribution < -0.4 is 0 Å². The Labute approximate surface area is 86.3 Å². The molecule has 2 unspecified atom stereocenters. The Balaban J connectivity index is 2.39. The van der Waals surface area contributed by atoms with Crippen LogP contribution in [0.3, 0.4) is 0 Å². The molecule has 1 heterocycles. The lowest BCUT2D eigenvalue weighted by Crippen LogP contribution is -2.31. The van der Waals surface area contributed by atoms with Gasteiger partial charge in [-0.3, -0.25) is 0 Å². The van der Waals surface area contributed by atoms with Gasteiger partial charge in [0.15, 0.2) is 0 Å². The summed E-state index contributed by atoms with van der Waals surface area (Å²) in [6, 6.07) is 2.25. The van der Waals surface area contributed by atoms with E-state index >= 15 is 0 Å². The molecule has 3 heteroatoms. The van der Waals surface area contributed by atoms with E-state index in [1.165, 1.54) is 0 Å². The molecule has 1 N–H and O–H groups in total. The SMILES string of the molecule is CC(C#N)CN1CCCC(C)(O)CC1. The van der Waals surface area contributed by atoms with Crippen LogP contribution in [-0.4, -0.2) is 35.2 Å². The highest BCUT2D eigenvalue weighted by molar-refractivity contribution is 4.84. The highest BCUT2D eigenvalue weighted by Crippen LogP contribution is 2.21. The van der Waals surface area contributed by atoms with Gasteiger partial charge in [-0.1, -0.05) is 0 Å². The van der Waals surface area contributed by atoms with Crippen molar-refractivity contribution in [2.75, 3.05) is 19.6 Å². The number of rotatable bonds is 2. The maximum atomic E-state index is 9.87. The van der Waals surface area contributed by atoms with E-state index in [2.05, 4.69) is 11.0 Å². The molecule has 0 amide bonds. The zero-order valence-electron chi connectivity index (χ0n) is 9.16. The minimum atomic E-state index is -0.495. The van der Waals surface area contributed by atoms with Crippen molar-refractivity contribution in [1.29, 1.82) is 5.26 Å². The van der Waals surface area contributed by atoms with Crippen LogP contribution in [0.5, 0.6) is 0 Å². The molecule has 0 radical (unpaired) electrons. The zero-order chi connectivity index (χ0) is 10.6. The fraction of sp³-hybridized carbons (Fsp3) is 0.909. The first kappa shape index (κ1) is 11.5. The standard InChI is InChI=1S/C11H20N2O/c1-10(8-12)9-13-6-3-4-11(2,14)5-7-13/h10,14H,3-7,9H2,1-2H3. The van der Waals surface area contributed by atoms with E-state index in [0.29, 0.717) is 0 Å². The van der Waals surface area contributed by atoms with Crippen LogP contribution in [0.25, 0.3) is 0 Å². The minimum Gasteiger partial charge on any atom is -0.390 e. The third-order valence-corrected chi connectivity index (χ3v) is 2.91. The van der Waals surface area contributed by atoms with Gasteiger partial charge in [0.1, 0.15) is 0 Å². The topological polar surface area (TPSA) is 47.3 Å². The van der Waals surface area contributed by atoms with Crippen LogP contribution >= 0.6 is 0 Å². The van der Waals surface area contributed by atoms with E-state index in [1.807, 2.05) is 13.8 Å². The van der Waals surface area contributed by atoms with Gasteiger partial charge in [0.25, 0.3) is 0 Å². The van der Waals surface area contributed by atoms with E-state index < -0.39 is 5.60 Å². The van der Waals surface area contributed by atoms with Crippen molar-refractivity contribution in [3.8, 4) is 6.07 Å². The summed E-state index contributed by atoms with van der Waals surface area (Å²) in [5, 5.41) is 18.6. The quantitative estimate of drug-likeness (QED) is 0.726. The summed E-state index contributed by atoms with van der Waals surface area (Å²) in [5.41, 5.74) is -0.495. The Morgan fingerprint density at radius 1 is 1.50 bits per heavy atom. The van der Waals surface area contributed by atoms with Gasteiger partial charge in [0.05, 0.1) is 17.6 Å². The predicted octanol–water partition coefficient (Wildman–Crippen LogP) is 1.38. The fourth-order valence-electron chi connectivity index (χ4n) is 1.93. The lowest BCUT2D eigenvalue weighted by Gasteiger charge is -2.22. The summed E-state index contributed by atoms with van der Waals surface area (Å²) >= 11 is 0. The molecule has 2 atom stereocenters. The molecule has 0 aromatic rings. The molecule has 0 saturated carbocycles. The Morgan fingerprint density at radius 2 is 2.21 bits per heavy atom. The van der Waals surface area contributed by atoms with Crippen molar-refractivity contribution < 1.29 is 5.11 Å². The van der Waals surface area contributed by atoms with Crippen molar-refractivity contribution in [1.82, 2.24) is 4.90 Å². The van der Waals surface area contributed by atoms with Crippen LogP contribution in [0.4, 0.5) is 0 Å². The van der Waals surface area contributed by atoms with Gasteiger partial charge in [0.2, 0.25) is 0 Å². The molecule has 14 heavy (non-hydrogen) atoms. The third-order valence-electron chi connectivity index (χ3n) is 2.91. The molecule has 0 aliphatic carbocycles. The number of aliphatic hydroxyl groups is 1. The van der Waals surface area contributed by atoms with E-state index in [-0.39, 0.29) is 5.92 Å². The van der Waals surface area contributed by atoms with Gasteiger partial charge in [-0.25, -0.2) is 0 Å². The predicted molar refractivity (Wildman–Crippen MR) is 55.7 cm³/mol. The molecular weight excluding hydrogens is 176 g/mol. The lowest BCUT2D eigenvalue weighted by atomic mass is 9.98. The smallest absolute Gasteiger partial charge is 0.0666 e. The van der Waals surface area contributed by atoms with Crippen molar-refractivity contribution in [2.24, 2.45) is 5.92 Å². The summed E-state index contributed by atoms with van der Waals surface area (Å²) in [6.45, 7) is 6.63. The summed E-state index contributed by atoms with van der Waals surface area (Å²) in [5.74, 6) is 0.0954. The monoisotopic (exact) mass is 196 g/mol. The maximum absolute atomic E-state index is 9.87. The molecule has 1 saturated heterocycles. The molecule has 0 aromatic heterocycles. The highest BCUT2D eigenvalue weighted by Gasteiger charge is 2.25. The first-order valence-corrected chi connectivity index (χ1v) is 5.38. The van der Waals surface area contributed by atoms with Crippen molar-refractivity contribution in [3.05, 3.63) is 0 Å². The summed E-state index contributed by atoms with van der Waals surface area (Å²) in [6.07, 6.45) is 2.74. The number of nitrogens with zero attached hydrogens (tertiary/aromatic N) is 2. The van der Waals surface area contributed by atoms with Gasteiger partial charge >= 0.3 is 0 Å². The average molecular weight is 196 g/mol. The van der Waals surface area contributed by atoms with E-state index in [1.54, 1.807) is 0 Å². The average Bonchev–Trinajstić information content (AvgIpc) is 2.28. The second-order valence-electron chi connectivity index (χ2n) is 4.68. The molecular formula is C11H20N2O. The van der Waals surface area contributed by atoms with Gasteiger partial charge in [0, 0.05) is 13.1 Å². The maximum Gasteiger partial charge on any atom is 0.0666 e. The second-order valence-corrected chi connectivity index (χ2v) is 4.68. The summed E-state index contributed by atoms with van der Waals surface area (Å²) in [4.78, 5) is 2.29. The molecule has 1 aliphatic heterocycles. The molecule has 1 fully saturated rings. The van der Waals surface area contributed by atoms with E-state index in [0.717, 1.165) is 38.9 Å². The Bertz CT molecular complexity index is 220. The highest BCUT2D eigenvalue weighted by atomic mass is 16.3. The molecule has 80 valence electrons. The van der Waals surface area contributed by atoms with Gasteiger partial charge < -0.3 is 10.0 Å². The lowest BCUT2D eigenvalue weighted by molar-refractivity contribution is 0.0444. The van der Waals surface area contributed by atoms with Gasteiger partial charge in [-0.15, -0.1) is 0 Å². The fourth-order valence-corrected chi connectivity index (χ4v) is 1.93. The Kier molecular flexibility index (Phi) is 3.91. The first-order chi connectivity index (χ1) is 6.53. The van der Waals surface area contributed by atoms with Crippen molar-refractivity contribution in [3.63, 3.8) is 0 Å². The number of nitriles is 1. The normalized spacial score (nSPS) is 31.9. The molecule has 3 nitrogen and oxygen atoms in total. The largest absolute Gasteiger partial charge is 0.390 e. The molecule has 0 aromatic carbocycles. The van der Waals surface area contributed by atoms with E-state index in [9.17, 15) is 5.11 Å². The minimum absolute atomic E-state index is 0.0954. The zero-order valence-corrected chi connectivity index (χ0v) is 9.16. The first-order valence-electron chi connectivity index (χ1n) is 5.38. The van der Waals surface area contributed by atoms with Crippen LogP contribution in [-0.2, 0) is 0 Å². The number of hydrogen-bond donors (Lipinski definition) is 1. The Morgan fingerprint density at radius 3 is 2.86 bits per heavy atom. The second kappa shape index (κ2) is 4.77. The number of hydrogen-bond acceptors (Lipinski definition) is 3. The van der Waals surface area contributed by atoms with Crippen LogP contribution in [0.15, 0.2) is 0 Å². The molecule has 1 aliphatic rings. The Hall–Kier alpha value is -0.590.